The van der Waals surface area contributed by atoms with E-state index in [1.165, 1.54) is 16.2 Å². The topological polar surface area (TPSA) is 79.7 Å². The van der Waals surface area contributed by atoms with Crippen LogP contribution >= 0.6 is 11.3 Å². The van der Waals surface area contributed by atoms with Gasteiger partial charge in [-0.1, -0.05) is 30.3 Å². The average Bonchev–Trinajstić information content (AvgIpc) is 3.16. The summed E-state index contributed by atoms with van der Waals surface area (Å²) in [6.07, 6.45) is 1.56. The molecule has 1 aromatic heterocycles. The van der Waals surface area contributed by atoms with Crippen LogP contribution in [-0.2, 0) is 14.3 Å². The van der Waals surface area contributed by atoms with E-state index in [0.29, 0.717) is 10.7 Å². The van der Waals surface area contributed by atoms with E-state index in [1.54, 1.807) is 42.8 Å². The lowest BCUT2D eigenvalue weighted by molar-refractivity contribution is -0.139. The lowest BCUT2D eigenvalue weighted by atomic mass is 10.00. The van der Waals surface area contributed by atoms with Gasteiger partial charge in [0.1, 0.15) is 11.6 Å². The molecule has 3 rings (SSSR count). The standard InChI is InChI=1S/C16H14N2O4S/c1-2-22-15(21)11-12(10-6-4-3-5-7-10)18(14(20)13(11)19)16-17-8-9-23-16/h3-9,12,19H,2H2,1H3. The normalized spacial score (nSPS) is 17.7. The van der Waals surface area contributed by atoms with E-state index in [-0.39, 0.29) is 12.2 Å². The maximum atomic E-state index is 12.5. The zero-order valence-corrected chi connectivity index (χ0v) is 13.1. The number of nitrogens with zero attached hydrogens (tertiary/aromatic N) is 2. The Morgan fingerprint density at radius 2 is 2.13 bits per heavy atom. The van der Waals surface area contributed by atoms with Crippen LogP contribution in [0, 0.1) is 0 Å². The molecule has 0 aliphatic carbocycles. The number of hydrogen-bond donors (Lipinski definition) is 1. The molecule has 2 aromatic rings. The van der Waals surface area contributed by atoms with Crippen molar-refractivity contribution < 1.29 is 19.4 Å². The minimum atomic E-state index is -0.756. The quantitative estimate of drug-likeness (QED) is 0.872. The number of anilines is 1. The second-order valence-electron chi connectivity index (χ2n) is 4.79. The molecule has 0 fully saturated rings. The highest BCUT2D eigenvalue weighted by Gasteiger charge is 2.46. The number of amides is 1. The van der Waals surface area contributed by atoms with Gasteiger partial charge in [0.05, 0.1) is 6.61 Å². The molecule has 1 aromatic carbocycles. The predicted molar refractivity (Wildman–Crippen MR) is 85.1 cm³/mol. The molecule has 0 radical (unpaired) electrons. The van der Waals surface area contributed by atoms with Gasteiger partial charge >= 0.3 is 5.97 Å². The lowest BCUT2D eigenvalue weighted by Gasteiger charge is -2.24. The summed E-state index contributed by atoms with van der Waals surface area (Å²) in [6, 6.07) is 8.26. The molecule has 6 nitrogen and oxygen atoms in total. The largest absolute Gasteiger partial charge is 0.503 e. The highest BCUT2D eigenvalue weighted by atomic mass is 32.1. The van der Waals surface area contributed by atoms with Crippen LogP contribution in [0.25, 0.3) is 0 Å². The Hall–Kier alpha value is -2.67. The molecule has 118 valence electrons. The van der Waals surface area contributed by atoms with Crippen LogP contribution in [0.15, 0.2) is 53.2 Å². The monoisotopic (exact) mass is 330 g/mol. The minimum Gasteiger partial charge on any atom is -0.503 e. The fraction of sp³-hybridized carbons (Fsp3) is 0.188. The van der Waals surface area contributed by atoms with Crippen LogP contribution in [0.1, 0.15) is 18.5 Å². The average molecular weight is 330 g/mol. The van der Waals surface area contributed by atoms with Gasteiger partial charge in [-0.3, -0.25) is 9.69 Å². The summed E-state index contributed by atoms with van der Waals surface area (Å²) < 4.78 is 5.01. The van der Waals surface area contributed by atoms with Crippen molar-refractivity contribution >= 4 is 28.3 Å². The van der Waals surface area contributed by atoms with Crippen LogP contribution in [-0.4, -0.2) is 28.6 Å². The van der Waals surface area contributed by atoms with Gasteiger partial charge in [0.15, 0.2) is 10.9 Å². The van der Waals surface area contributed by atoms with Gasteiger partial charge in [-0.05, 0) is 12.5 Å². The maximum Gasteiger partial charge on any atom is 0.340 e. The number of benzene rings is 1. The van der Waals surface area contributed by atoms with E-state index >= 15 is 0 Å². The number of aliphatic hydroxyl groups excluding tert-OH is 1. The van der Waals surface area contributed by atoms with E-state index in [1.807, 2.05) is 6.07 Å². The summed E-state index contributed by atoms with van der Waals surface area (Å²) in [5, 5.41) is 12.4. The van der Waals surface area contributed by atoms with E-state index < -0.39 is 23.7 Å². The van der Waals surface area contributed by atoms with Gasteiger partial charge in [-0.15, -0.1) is 11.3 Å². The third-order valence-electron chi connectivity index (χ3n) is 3.44. The van der Waals surface area contributed by atoms with E-state index in [0.717, 1.165) is 0 Å². The summed E-state index contributed by atoms with van der Waals surface area (Å²) in [7, 11) is 0. The van der Waals surface area contributed by atoms with Crippen LogP contribution in [0.4, 0.5) is 5.13 Å². The van der Waals surface area contributed by atoms with Gasteiger partial charge in [-0.2, -0.15) is 0 Å². The van der Waals surface area contributed by atoms with Gasteiger partial charge in [0.25, 0.3) is 5.91 Å². The van der Waals surface area contributed by atoms with Crippen LogP contribution < -0.4 is 4.90 Å². The molecule has 0 saturated carbocycles. The summed E-state index contributed by atoms with van der Waals surface area (Å²) >= 11 is 1.26. The molecule has 0 bridgehead atoms. The molecule has 1 aliphatic heterocycles. The zero-order chi connectivity index (χ0) is 16.4. The first-order chi connectivity index (χ1) is 11.1. The summed E-state index contributed by atoms with van der Waals surface area (Å²) in [6.45, 7) is 1.82. The van der Waals surface area contributed by atoms with Crippen molar-refractivity contribution in [2.45, 2.75) is 13.0 Å². The highest BCUT2D eigenvalue weighted by Crippen LogP contribution is 2.41. The molecule has 2 heterocycles. The second-order valence-corrected chi connectivity index (χ2v) is 5.66. The number of carbonyl (C=O) groups excluding carboxylic acids is 2. The summed E-state index contributed by atoms with van der Waals surface area (Å²) in [4.78, 5) is 30.2. The van der Waals surface area contributed by atoms with E-state index in [4.69, 9.17) is 4.74 Å². The number of ether oxygens (including phenoxy) is 1. The molecule has 1 amide bonds. The Morgan fingerprint density at radius 1 is 1.39 bits per heavy atom. The van der Waals surface area contributed by atoms with Crippen molar-refractivity contribution in [1.82, 2.24) is 4.98 Å². The Labute approximate surface area is 136 Å². The Morgan fingerprint density at radius 3 is 2.74 bits per heavy atom. The molecule has 1 unspecified atom stereocenters. The smallest absolute Gasteiger partial charge is 0.340 e. The fourth-order valence-electron chi connectivity index (χ4n) is 2.51. The van der Waals surface area contributed by atoms with Crippen molar-refractivity contribution in [2.24, 2.45) is 0 Å². The van der Waals surface area contributed by atoms with Crippen molar-refractivity contribution in [1.29, 1.82) is 0 Å². The van der Waals surface area contributed by atoms with E-state index in [2.05, 4.69) is 4.98 Å². The van der Waals surface area contributed by atoms with Gasteiger partial charge in [0.2, 0.25) is 0 Å². The number of aromatic nitrogens is 1. The van der Waals surface area contributed by atoms with Crippen LogP contribution in [0.3, 0.4) is 0 Å². The number of thiazole rings is 1. The molecular weight excluding hydrogens is 316 g/mol. The number of rotatable bonds is 4. The van der Waals surface area contributed by atoms with Gasteiger partial charge < -0.3 is 9.84 Å². The first-order valence-corrected chi connectivity index (χ1v) is 7.91. The third-order valence-corrected chi connectivity index (χ3v) is 4.21. The molecule has 1 aliphatic rings. The number of esters is 1. The number of hydrogen-bond acceptors (Lipinski definition) is 6. The summed E-state index contributed by atoms with van der Waals surface area (Å²) in [5.41, 5.74) is 0.640. The highest BCUT2D eigenvalue weighted by molar-refractivity contribution is 7.13. The van der Waals surface area contributed by atoms with Crippen LogP contribution in [0.5, 0.6) is 0 Å². The Balaban J connectivity index is 2.13. The first-order valence-electron chi connectivity index (χ1n) is 7.03. The Kier molecular flexibility index (Phi) is 4.12. The lowest BCUT2D eigenvalue weighted by Crippen LogP contribution is -2.31. The zero-order valence-electron chi connectivity index (χ0n) is 12.3. The molecule has 1 atom stereocenters. The van der Waals surface area contributed by atoms with Crippen molar-refractivity contribution in [2.75, 3.05) is 11.5 Å². The number of carbonyl (C=O) groups is 2. The summed E-state index contributed by atoms with van der Waals surface area (Å²) in [5.74, 6) is -1.95. The SMILES string of the molecule is CCOC(=O)C1=C(O)C(=O)N(c2nccs2)C1c1ccccc1. The van der Waals surface area contributed by atoms with Crippen molar-refractivity contribution in [3.63, 3.8) is 0 Å². The van der Waals surface area contributed by atoms with Gasteiger partial charge in [-0.25, -0.2) is 9.78 Å². The molecule has 7 heteroatoms. The minimum absolute atomic E-state index is 0.0572. The molecule has 23 heavy (non-hydrogen) atoms. The predicted octanol–water partition coefficient (Wildman–Crippen LogP) is 2.61. The molecular formula is C16H14N2O4S. The molecule has 1 N–H and O–H groups in total. The third kappa shape index (κ3) is 2.59. The maximum absolute atomic E-state index is 12.5. The molecule has 0 saturated heterocycles. The second kappa shape index (κ2) is 6.21. The number of aliphatic hydroxyl groups is 1. The van der Waals surface area contributed by atoms with Gasteiger partial charge in [0, 0.05) is 11.6 Å². The Bertz CT molecular complexity index is 756. The van der Waals surface area contributed by atoms with E-state index in [9.17, 15) is 14.7 Å². The van der Waals surface area contributed by atoms with Crippen LogP contribution in [0.2, 0.25) is 0 Å². The molecule has 0 spiro atoms. The first kappa shape index (κ1) is 15.2. The van der Waals surface area contributed by atoms with Crippen molar-refractivity contribution in [3.8, 4) is 0 Å². The fourth-order valence-corrected chi connectivity index (χ4v) is 3.17. The van der Waals surface area contributed by atoms with Crippen molar-refractivity contribution in [3.05, 3.63) is 58.8 Å².